The van der Waals surface area contributed by atoms with Crippen molar-refractivity contribution in [1.82, 2.24) is 0 Å². The number of sulfone groups is 1. The molecule has 2 aromatic carbocycles. The van der Waals surface area contributed by atoms with E-state index in [9.17, 15) is 13.2 Å². The largest absolute Gasteiger partial charge is 0.493 e. The Kier molecular flexibility index (Phi) is 6.72. The van der Waals surface area contributed by atoms with E-state index in [-0.39, 0.29) is 35.1 Å². The highest BCUT2D eigenvalue weighted by Gasteiger charge is 2.49. The average molecular weight is 489 g/mol. The van der Waals surface area contributed by atoms with E-state index in [4.69, 9.17) is 9.47 Å². The van der Waals surface area contributed by atoms with Crippen LogP contribution in [-0.4, -0.2) is 56.5 Å². The zero-order valence-electron chi connectivity index (χ0n) is 19.1. The van der Waals surface area contributed by atoms with Crippen LogP contribution in [0.2, 0.25) is 0 Å². The molecule has 0 spiro atoms. The van der Waals surface area contributed by atoms with Gasteiger partial charge in [0.1, 0.15) is 0 Å². The summed E-state index contributed by atoms with van der Waals surface area (Å²) in [5, 5.41) is 0.426. The lowest BCUT2D eigenvalue weighted by Gasteiger charge is -2.25. The van der Waals surface area contributed by atoms with Gasteiger partial charge < -0.3 is 14.4 Å². The summed E-state index contributed by atoms with van der Waals surface area (Å²) in [5.41, 5.74) is 2.82. The fourth-order valence-corrected chi connectivity index (χ4v) is 8.13. The molecule has 4 rings (SSSR count). The number of amidine groups is 1. The third-order valence-corrected chi connectivity index (χ3v) is 9.14. The van der Waals surface area contributed by atoms with Gasteiger partial charge in [0.05, 0.1) is 38.2 Å². The Hall–Kier alpha value is -2.52. The van der Waals surface area contributed by atoms with Gasteiger partial charge in [-0.15, -0.1) is 0 Å². The monoisotopic (exact) mass is 488 g/mol. The molecule has 9 heteroatoms. The number of methoxy groups -OCH3 is 2. The normalized spacial score (nSPS) is 22.6. The minimum Gasteiger partial charge on any atom is -0.493 e. The van der Waals surface area contributed by atoms with Crippen molar-refractivity contribution in [3.63, 3.8) is 0 Å². The molecular formula is C24H28N2O5S2. The molecule has 0 radical (unpaired) electrons. The highest BCUT2D eigenvalue weighted by Crippen LogP contribution is 2.41. The number of thioether (sulfide) groups is 1. The molecule has 2 aliphatic heterocycles. The molecule has 176 valence electrons. The number of amides is 1. The van der Waals surface area contributed by atoms with E-state index in [2.05, 4.69) is 18.8 Å². The SMILES string of the molecule is COc1ccc(CC(=O)N=C2S[C@H]3CS(=O)(=O)C[C@H]3N2c2ccc(C(C)C)cc2)cc1OC. The molecule has 2 atom stereocenters. The Labute approximate surface area is 199 Å². The number of carbonyl (C=O) groups excluding carboxylic acids is 1. The molecule has 2 aromatic rings. The number of fused-ring (bicyclic) bond motifs is 1. The highest BCUT2D eigenvalue weighted by molar-refractivity contribution is 8.16. The predicted molar refractivity (Wildman–Crippen MR) is 133 cm³/mol. The first-order valence-electron chi connectivity index (χ1n) is 10.8. The molecule has 2 aliphatic rings. The predicted octanol–water partition coefficient (Wildman–Crippen LogP) is 3.67. The molecule has 0 aromatic heterocycles. The van der Waals surface area contributed by atoms with Crippen molar-refractivity contribution >= 4 is 38.4 Å². The Morgan fingerprint density at radius 2 is 1.79 bits per heavy atom. The van der Waals surface area contributed by atoms with E-state index in [0.717, 1.165) is 11.3 Å². The van der Waals surface area contributed by atoms with Crippen LogP contribution in [0.3, 0.4) is 0 Å². The van der Waals surface area contributed by atoms with Crippen LogP contribution in [0.25, 0.3) is 0 Å². The number of aliphatic imine (C=N–C) groups is 1. The smallest absolute Gasteiger partial charge is 0.252 e. The Morgan fingerprint density at radius 3 is 2.42 bits per heavy atom. The van der Waals surface area contributed by atoms with Crippen LogP contribution in [-0.2, 0) is 21.1 Å². The van der Waals surface area contributed by atoms with Gasteiger partial charge in [-0.25, -0.2) is 8.42 Å². The standard InChI is InChI=1S/C24H28N2O5S2/c1-15(2)17-6-8-18(9-7-17)26-19-13-33(28,29)14-22(19)32-24(26)25-23(27)12-16-5-10-20(30-3)21(11-16)31-4/h5-11,15,19,22H,12-14H2,1-4H3/t19-,22+/m1/s1. The molecule has 1 amide bonds. The van der Waals surface area contributed by atoms with Gasteiger partial charge in [0, 0.05) is 10.9 Å². The molecule has 7 nitrogen and oxygen atoms in total. The minimum absolute atomic E-state index is 0.0689. The maximum atomic E-state index is 12.9. The van der Waals surface area contributed by atoms with Crippen molar-refractivity contribution in [3.8, 4) is 11.5 Å². The van der Waals surface area contributed by atoms with E-state index in [1.54, 1.807) is 26.4 Å². The number of anilines is 1. The van der Waals surface area contributed by atoms with Crippen LogP contribution in [0.5, 0.6) is 11.5 Å². The van der Waals surface area contributed by atoms with E-state index >= 15 is 0 Å². The highest BCUT2D eigenvalue weighted by atomic mass is 32.2. The number of carbonyl (C=O) groups is 1. The van der Waals surface area contributed by atoms with Gasteiger partial charge >= 0.3 is 0 Å². The fourth-order valence-electron chi connectivity index (χ4n) is 4.20. The van der Waals surface area contributed by atoms with Crippen molar-refractivity contribution in [2.45, 2.75) is 37.5 Å². The maximum Gasteiger partial charge on any atom is 0.252 e. The van der Waals surface area contributed by atoms with E-state index < -0.39 is 9.84 Å². The lowest BCUT2D eigenvalue weighted by atomic mass is 10.0. The van der Waals surface area contributed by atoms with Crippen LogP contribution in [0.15, 0.2) is 47.5 Å². The van der Waals surface area contributed by atoms with Crippen molar-refractivity contribution < 1.29 is 22.7 Å². The molecule has 2 heterocycles. The molecule has 2 saturated heterocycles. The summed E-state index contributed by atoms with van der Waals surface area (Å²) in [4.78, 5) is 19.2. The topological polar surface area (TPSA) is 85.3 Å². The molecule has 0 aliphatic carbocycles. The van der Waals surface area contributed by atoms with Gasteiger partial charge in [0.25, 0.3) is 5.91 Å². The van der Waals surface area contributed by atoms with Gasteiger partial charge in [0.15, 0.2) is 26.5 Å². The van der Waals surface area contributed by atoms with Crippen molar-refractivity contribution in [3.05, 3.63) is 53.6 Å². The third-order valence-electron chi connectivity index (χ3n) is 5.93. The number of ether oxygens (including phenoxy) is 2. The fraction of sp³-hybridized carbons (Fsp3) is 0.417. The van der Waals surface area contributed by atoms with E-state index in [1.807, 2.05) is 35.2 Å². The van der Waals surface area contributed by atoms with Crippen molar-refractivity contribution in [2.75, 3.05) is 30.6 Å². The Bertz CT molecular complexity index is 1180. The summed E-state index contributed by atoms with van der Waals surface area (Å²) in [7, 11) is -0.000446. The van der Waals surface area contributed by atoms with E-state index in [0.29, 0.717) is 22.6 Å². The minimum atomic E-state index is -3.11. The summed E-state index contributed by atoms with van der Waals surface area (Å²) in [6, 6.07) is 13.2. The third kappa shape index (κ3) is 5.04. The molecule has 0 bridgehead atoms. The summed E-state index contributed by atoms with van der Waals surface area (Å²) in [5.74, 6) is 1.42. The first kappa shape index (κ1) is 23.6. The molecule has 0 saturated carbocycles. The van der Waals surface area contributed by atoms with Crippen LogP contribution in [0, 0.1) is 0 Å². The lowest BCUT2D eigenvalue weighted by Crippen LogP contribution is -2.37. The van der Waals surface area contributed by atoms with Gasteiger partial charge in [-0.2, -0.15) is 4.99 Å². The second-order valence-electron chi connectivity index (χ2n) is 8.57. The van der Waals surface area contributed by atoms with Crippen LogP contribution >= 0.6 is 11.8 Å². The lowest BCUT2D eigenvalue weighted by molar-refractivity contribution is -0.117. The first-order chi connectivity index (χ1) is 15.7. The van der Waals surface area contributed by atoms with Crippen LogP contribution in [0.4, 0.5) is 5.69 Å². The van der Waals surface area contributed by atoms with Gasteiger partial charge in [-0.3, -0.25) is 4.79 Å². The number of rotatable bonds is 6. The molecular weight excluding hydrogens is 460 g/mol. The quantitative estimate of drug-likeness (QED) is 0.613. The molecule has 0 N–H and O–H groups in total. The number of benzene rings is 2. The second kappa shape index (κ2) is 9.38. The molecule has 0 unspecified atom stereocenters. The number of hydrogen-bond acceptors (Lipinski definition) is 6. The summed E-state index contributed by atoms with van der Waals surface area (Å²) >= 11 is 1.38. The average Bonchev–Trinajstić information content (AvgIpc) is 3.24. The van der Waals surface area contributed by atoms with Crippen molar-refractivity contribution in [2.24, 2.45) is 4.99 Å². The Morgan fingerprint density at radius 1 is 1.09 bits per heavy atom. The number of nitrogens with zero attached hydrogens (tertiary/aromatic N) is 2. The number of hydrogen-bond donors (Lipinski definition) is 0. The van der Waals surface area contributed by atoms with Crippen LogP contribution < -0.4 is 14.4 Å². The summed E-state index contributed by atoms with van der Waals surface area (Å²) < 4.78 is 35.1. The summed E-state index contributed by atoms with van der Waals surface area (Å²) in [6.45, 7) is 4.25. The molecule has 33 heavy (non-hydrogen) atoms. The van der Waals surface area contributed by atoms with Gasteiger partial charge in [0.2, 0.25) is 0 Å². The first-order valence-corrected chi connectivity index (χ1v) is 13.5. The zero-order valence-corrected chi connectivity index (χ0v) is 20.8. The van der Waals surface area contributed by atoms with Crippen LogP contribution in [0.1, 0.15) is 30.9 Å². The summed E-state index contributed by atoms with van der Waals surface area (Å²) in [6.07, 6.45) is 0.109. The maximum absolute atomic E-state index is 12.9. The van der Waals surface area contributed by atoms with Gasteiger partial charge in [-0.1, -0.05) is 43.8 Å². The second-order valence-corrected chi connectivity index (χ2v) is 11.9. The van der Waals surface area contributed by atoms with E-state index in [1.165, 1.54) is 17.3 Å². The molecule has 2 fully saturated rings. The van der Waals surface area contributed by atoms with Crippen molar-refractivity contribution in [1.29, 1.82) is 0 Å². The zero-order chi connectivity index (χ0) is 23.8. The van der Waals surface area contributed by atoms with Gasteiger partial charge in [-0.05, 0) is 41.3 Å². The Balaban J connectivity index is 1.61.